The largest absolute Gasteiger partial charge is 0.399 e. The van der Waals surface area contributed by atoms with Crippen LogP contribution in [0.4, 0.5) is 26.2 Å². The number of nitrogens with zero attached hydrogens (tertiary/aromatic N) is 2. The predicted molar refractivity (Wildman–Crippen MR) is 77.2 cm³/mol. The molecule has 2 N–H and O–H groups in total. The molecule has 0 aliphatic carbocycles. The number of amides is 1. The summed E-state index contributed by atoms with van der Waals surface area (Å²) in [6.45, 7) is 0. The Bertz CT molecular complexity index is 837. The number of aromatic nitrogens is 2. The van der Waals surface area contributed by atoms with E-state index in [0.29, 0.717) is 5.69 Å². The lowest BCUT2D eigenvalue weighted by Gasteiger charge is -2.02. The van der Waals surface area contributed by atoms with Crippen LogP contribution in [-0.4, -0.2) is 16.1 Å². The molecule has 1 amide bonds. The molecule has 0 aliphatic rings. The highest BCUT2D eigenvalue weighted by Gasteiger charge is 2.15. The van der Waals surface area contributed by atoms with Crippen molar-refractivity contribution < 1.29 is 18.0 Å². The van der Waals surface area contributed by atoms with Crippen LogP contribution in [0.3, 0.4) is 0 Å². The van der Waals surface area contributed by atoms with Crippen molar-refractivity contribution in [2.45, 2.75) is 0 Å². The molecule has 1 radical (unpaired) electrons. The van der Waals surface area contributed by atoms with Crippen molar-refractivity contribution in [1.82, 2.24) is 10.2 Å². The van der Waals surface area contributed by atoms with E-state index < -0.39 is 17.5 Å². The minimum Gasteiger partial charge on any atom is -0.399 e. The molecule has 1 heterocycles. The zero-order valence-electron chi connectivity index (χ0n) is 11.5. The molecule has 3 aromatic rings. The number of rotatable bonds is 4. The zero-order valence-corrected chi connectivity index (χ0v) is 11.5. The Morgan fingerprint density at radius 1 is 1.13 bits per heavy atom. The van der Waals surface area contributed by atoms with E-state index >= 15 is 0 Å². The van der Waals surface area contributed by atoms with E-state index in [-0.39, 0.29) is 17.6 Å². The van der Waals surface area contributed by atoms with Gasteiger partial charge in [-0.25, -0.2) is 8.78 Å². The second-order valence-electron chi connectivity index (χ2n) is 4.40. The lowest BCUT2D eigenvalue weighted by molar-refractivity contribution is 0.0991. The second kappa shape index (κ2) is 6.22. The van der Waals surface area contributed by atoms with Gasteiger partial charge in [0.25, 0.3) is 0 Å². The molecule has 2 aromatic carbocycles. The maximum atomic E-state index is 13.1. The third kappa shape index (κ3) is 3.49. The van der Waals surface area contributed by atoms with Gasteiger partial charge in [0.2, 0.25) is 0 Å². The quantitative estimate of drug-likeness (QED) is 0.773. The molecule has 6 nitrogen and oxygen atoms in total. The molecule has 0 unspecified atom stereocenters. The topological polar surface area (TPSA) is 80.0 Å². The van der Waals surface area contributed by atoms with Crippen LogP contribution in [0.25, 0.3) is 0 Å². The van der Waals surface area contributed by atoms with Gasteiger partial charge in [-0.2, -0.15) is 0 Å². The summed E-state index contributed by atoms with van der Waals surface area (Å²) in [7, 11) is 0. The summed E-state index contributed by atoms with van der Waals surface area (Å²) in [5, 5.41) is 12.3. The van der Waals surface area contributed by atoms with Crippen LogP contribution in [-0.2, 0) is 0 Å². The van der Waals surface area contributed by atoms with Gasteiger partial charge >= 0.3 is 17.8 Å². The molecule has 0 atom stereocenters. The third-order valence-electron chi connectivity index (χ3n) is 2.75. The number of carbonyl (C=O) groups is 1. The minimum atomic E-state index is -1.02. The third-order valence-corrected chi connectivity index (χ3v) is 2.75. The Balaban J connectivity index is 1.70. The Kier molecular flexibility index (Phi) is 3.96. The van der Waals surface area contributed by atoms with Crippen LogP contribution >= 0.6 is 0 Å². The smallest absolute Gasteiger partial charge is 0.320 e. The van der Waals surface area contributed by atoms with E-state index in [9.17, 15) is 13.6 Å². The normalized spacial score (nSPS) is 10.3. The number of carbonyl (C=O) groups excluding carboxylic acids is 1. The first-order valence-electron chi connectivity index (χ1n) is 6.45. The van der Waals surface area contributed by atoms with Gasteiger partial charge in [0.15, 0.2) is 11.6 Å². The highest BCUT2D eigenvalue weighted by Crippen LogP contribution is 2.18. The highest BCUT2D eigenvalue weighted by molar-refractivity contribution is 6.00. The van der Waals surface area contributed by atoms with E-state index in [2.05, 4.69) is 26.9 Å². The number of hydrogen-bond donors (Lipinski definition) is 2. The van der Waals surface area contributed by atoms with E-state index in [0.717, 1.165) is 12.1 Å². The fourth-order valence-electron chi connectivity index (χ4n) is 1.71. The molecule has 0 saturated carbocycles. The molecule has 0 aliphatic heterocycles. The SMILES string of the molecule is O=C(Nc1[c]cccc1)c1nnc(Nc2ccc(F)c(F)c2)o1. The summed E-state index contributed by atoms with van der Waals surface area (Å²) in [4.78, 5) is 11.9. The molecule has 3 rings (SSSR count). The van der Waals surface area contributed by atoms with Crippen molar-refractivity contribution in [2.24, 2.45) is 0 Å². The fraction of sp³-hybridized carbons (Fsp3) is 0. The number of halogens is 2. The fourth-order valence-corrected chi connectivity index (χ4v) is 1.71. The molecule has 0 saturated heterocycles. The van der Waals surface area contributed by atoms with Crippen LogP contribution in [0.5, 0.6) is 0 Å². The van der Waals surface area contributed by atoms with Crippen molar-refractivity contribution in [3.8, 4) is 0 Å². The molecular formula is C15H9F2N4O2. The molecular weight excluding hydrogens is 306 g/mol. The summed E-state index contributed by atoms with van der Waals surface area (Å²) in [6.07, 6.45) is 0. The van der Waals surface area contributed by atoms with Crippen molar-refractivity contribution in [1.29, 1.82) is 0 Å². The van der Waals surface area contributed by atoms with Gasteiger partial charge in [0.1, 0.15) is 0 Å². The van der Waals surface area contributed by atoms with Crippen molar-refractivity contribution in [3.63, 3.8) is 0 Å². The van der Waals surface area contributed by atoms with Crippen LogP contribution in [0.2, 0.25) is 0 Å². The van der Waals surface area contributed by atoms with E-state index in [1.165, 1.54) is 6.07 Å². The number of hydrogen-bond acceptors (Lipinski definition) is 5. The molecule has 115 valence electrons. The average molecular weight is 315 g/mol. The molecule has 8 heteroatoms. The summed E-state index contributed by atoms with van der Waals surface area (Å²) >= 11 is 0. The average Bonchev–Trinajstić information content (AvgIpc) is 3.01. The van der Waals surface area contributed by atoms with Crippen LogP contribution in [0.1, 0.15) is 10.7 Å². The zero-order chi connectivity index (χ0) is 16.2. The van der Waals surface area contributed by atoms with Gasteiger partial charge in [-0.05, 0) is 18.2 Å². The highest BCUT2D eigenvalue weighted by atomic mass is 19.2. The maximum absolute atomic E-state index is 13.1. The number of benzene rings is 2. The summed E-state index contributed by atoms with van der Waals surface area (Å²) in [5.41, 5.74) is 0.654. The van der Waals surface area contributed by atoms with Gasteiger partial charge in [0.05, 0.1) is 0 Å². The van der Waals surface area contributed by atoms with Crippen LogP contribution < -0.4 is 10.6 Å². The first kappa shape index (κ1) is 14.6. The van der Waals surface area contributed by atoms with Gasteiger partial charge in [0, 0.05) is 23.5 Å². The first-order valence-corrected chi connectivity index (χ1v) is 6.45. The second-order valence-corrected chi connectivity index (χ2v) is 4.40. The summed E-state index contributed by atoms with van der Waals surface area (Å²) < 4.78 is 31.1. The van der Waals surface area contributed by atoms with Crippen molar-refractivity contribution in [3.05, 3.63) is 66.1 Å². The minimum absolute atomic E-state index is 0.127. The van der Waals surface area contributed by atoms with Crippen LogP contribution in [0, 0.1) is 17.7 Å². The monoisotopic (exact) mass is 315 g/mol. The van der Waals surface area contributed by atoms with Gasteiger partial charge in [-0.15, -0.1) is 5.10 Å². The summed E-state index contributed by atoms with van der Waals surface area (Å²) in [6, 6.07) is 12.6. The summed E-state index contributed by atoms with van der Waals surface area (Å²) in [5.74, 6) is -2.89. The lowest BCUT2D eigenvalue weighted by Crippen LogP contribution is -2.12. The number of anilines is 3. The van der Waals surface area contributed by atoms with Crippen LogP contribution in [0.15, 0.2) is 46.9 Å². The number of para-hydroxylation sites is 1. The predicted octanol–water partition coefficient (Wildman–Crippen LogP) is 3.14. The number of nitrogens with one attached hydrogen (secondary N) is 2. The Hall–Kier alpha value is -3.29. The molecule has 0 spiro atoms. The van der Waals surface area contributed by atoms with Crippen molar-refractivity contribution in [2.75, 3.05) is 10.6 Å². The van der Waals surface area contributed by atoms with E-state index in [1.807, 2.05) is 0 Å². The Morgan fingerprint density at radius 2 is 2.00 bits per heavy atom. The standard InChI is InChI=1S/C15H9F2N4O2/c16-11-7-6-10(8-12(11)17)19-15-21-20-14(23-15)13(22)18-9-4-2-1-3-5-9/h1-4,6-8H,(H,18,22)(H,19,21). The lowest BCUT2D eigenvalue weighted by atomic mass is 10.3. The van der Waals surface area contributed by atoms with Gasteiger partial charge in [-0.1, -0.05) is 23.3 Å². The maximum Gasteiger partial charge on any atom is 0.320 e. The molecule has 23 heavy (non-hydrogen) atoms. The van der Waals surface area contributed by atoms with Gasteiger partial charge in [-0.3, -0.25) is 4.79 Å². The molecule has 0 fully saturated rings. The van der Waals surface area contributed by atoms with E-state index in [1.54, 1.807) is 24.3 Å². The van der Waals surface area contributed by atoms with Gasteiger partial charge < -0.3 is 15.1 Å². The molecule has 0 bridgehead atoms. The first-order chi connectivity index (χ1) is 11.1. The van der Waals surface area contributed by atoms with Crippen molar-refractivity contribution >= 4 is 23.3 Å². The Labute approximate surface area is 129 Å². The molecule has 1 aromatic heterocycles. The Morgan fingerprint density at radius 3 is 2.74 bits per heavy atom. The van der Waals surface area contributed by atoms with E-state index in [4.69, 9.17) is 4.42 Å².